The first-order chi connectivity index (χ1) is 13.1. The van der Waals surface area contributed by atoms with E-state index in [1.165, 1.54) is 10.6 Å². The summed E-state index contributed by atoms with van der Waals surface area (Å²) in [7, 11) is 1.55. The van der Waals surface area contributed by atoms with Crippen molar-refractivity contribution >= 4 is 11.6 Å². The molecule has 1 aliphatic carbocycles. The zero-order valence-corrected chi connectivity index (χ0v) is 14.7. The van der Waals surface area contributed by atoms with E-state index in [-0.39, 0.29) is 18.0 Å². The summed E-state index contributed by atoms with van der Waals surface area (Å²) in [5.41, 5.74) is 0.902. The number of rotatable bonds is 6. The molecule has 8 nitrogen and oxygen atoms in total. The summed E-state index contributed by atoms with van der Waals surface area (Å²) in [6.07, 6.45) is 3.70. The van der Waals surface area contributed by atoms with Crippen molar-refractivity contribution in [3.8, 4) is 17.2 Å². The Balaban J connectivity index is 1.50. The number of carbonyl (C=O) groups is 1. The molecule has 138 valence electrons. The van der Waals surface area contributed by atoms with Crippen molar-refractivity contribution in [1.82, 2.24) is 14.7 Å². The Hall–Kier alpha value is -3.42. The molecule has 8 heteroatoms. The van der Waals surface area contributed by atoms with Gasteiger partial charge in [-0.15, -0.1) is 0 Å². The first kappa shape index (κ1) is 17.0. The van der Waals surface area contributed by atoms with Crippen LogP contribution in [0.3, 0.4) is 0 Å². The zero-order chi connectivity index (χ0) is 18.8. The summed E-state index contributed by atoms with van der Waals surface area (Å²) < 4.78 is 11.7. The van der Waals surface area contributed by atoms with Crippen LogP contribution in [0.2, 0.25) is 0 Å². The number of nitrogens with zero attached hydrogens (tertiary/aromatic N) is 3. The fourth-order valence-corrected chi connectivity index (χ4v) is 2.70. The van der Waals surface area contributed by atoms with Crippen LogP contribution < -0.4 is 15.6 Å². The number of hydrogen-bond acceptors (Lipinski definition) is 6. The fourth-order valence-electron chi connectivity index (χ4n) is 2.70. The number of carbonyl (C=O) groups excluding carboxylic acids is 1. The molecule has 1 saturated carbocycles. The quantitative estimate of drug-likeness (QED) is 0.719. The van der Waals surface area contributed by atoms with E-state index in [0.717, 1.165) is 12.8 Å². The van der Waals surface area contributed by atoms with Crippen LogP contribution in [0.4, 0.5) is 5.69 Å². The van der Waals surface area contributed by atoms with Crippen LogP contribution in [0.15, 0.2) is 51.9 Å². The van der Waals surface area contributed by atoms with Crippen molar-refractivity contribution in [2.75, 3.05) is 12.4 Å². The Kier molecular flexibility index (Phi) is 4.45. The predicted octanol–water partition coefficient (Wildman–Crippen LogP) is 2.42. The number of pyridine rings is 1. The van der Waals surface area contributed by atoms with Gasteiger partial charge in [0.05, 0.1) is 12.7 Å². The third-order valence-electron chi connectivity index (χ3n) is 4.28. The number of aromatic nitrogens is 3. The standard InChI is InChI=1S/C19H18N4O4/c1-26-15-4-2-3-14(9-15)20-16(24)11-23-10-13(7-8-17(23)25)19-21-18(22-27-19)12-5-6-12/h2-4,7-10,12H,5-6,11H2,1H3,(H,20,24). The van der Waals surface area contributed by atoms with Crippen molar-refractivity contribution in [2.24, 2.45) is 0 Å². The summed E-state index contributed by atoms with van der Waals surface area (Å²) in [6.45, 7) is -0.131. The summed E-state index contributed by atoms with van der Waals surface area (Å²) in [4.78, 5) is 28.8. The normalized spacial score (nSPS) is 13.4. The first-order valence-corrected chi connectivity index (χ1v) is 8.61. The highest BCUT2D eigenvalue weighted by Gasteiger charge is 2.29. The van der Waals surface area contributed by atoms with Crippen LogP contribution >= 0.6 is 0 Å². The Morgan fingerprint density at radius 1 is 1.33 bits per heavy atom. The van der Waals surface area contributed by atoms with Crippen LogP contribution in [0.25, 0.3) is 11.5 Å². The maximum absolute atomic E-state index is 12.3. The highest BCUT2D eigenvalue weighted by molar-refractivity contribution is 5.90. The molecule has 0 unspecified atom stereocenters. The number of amides is 1. The van der Waals surface area contributed by atoms with Crippen LogP contribution in [0, 0.1) is 0 Å². The van der Waals surface area contributed by atoms with E-state index in [2.05, 4.69) is 15.5 Å². The largest absolute Gasteiger partial charge is 0.497 e. The van der Waals surface area contributed by atoms with Gasteiger partial charge < -0.3 is 19.1 Å². The second kappa shape index (κ2) is 7.06. The van der Waals surface area contributed by atoms with Gasteiger partial charge in [-0.25, -0.2) is 0 Å². The molecule has 1 amide bonds. The second-order valence-electron chi connectivity index (χ2n) is 6.40. The molecule has 2 aromatic heterocycles. The van der Waals surface area contributed by atoms with Crippen molar-refractivity contribution in [1.29, 1.82) is 0 Å². The van der Waals surface area contributed by atoms with Gasteiger partial charge in [0.25, 0.3) is 11.4 Å². The Morgan fingerprint density at radius 2 is 2.19 bits per heavy atom. The smallest absolute Gasteiger partial charge is 0.259 e. The molecule has 2 heterocycles. The van der Waals surface area contributed by atoms with Gasteiger partial charge >= 0.3 is 0 Å². The maximum Gasteiger partial charge on any atom is 0.259 e. The topological polar surface area (TPSA) is 99.2 Å². The fraction of sp³-hybridized carbons (Fsp3) is 0.263. The van der Waals surface area contributed by atoms with Gasteiger partial charge in [0.15, 0.2) is 5.82 Å². The highest BCUT2D eigenvalue weighted by atomic mass is 16.5. The number of nitrogens with one attached hydrogen (secondary N) is 1. The van der Waals surface area contributed by atoms with Gasteiger partial charge in [-0.1, -0.05) is 11.2 Å². The van der Waals surface area contributed by atoms with Crippen LogP contribution in [-0.2, 0) is 11.3 Å². The summed E-state index contributed by atoms with van der Waals surface area (Å²) in [5, 5.41) is 6.72. The lowest BCUT2D eigenvalue weighted by Crippen LogP contribution is -2.26. The van der Waals surface area contributed by atoms with Crippen molar-refractivity contribution in [3.63, 3.8) is 0 Å². The SMILES string of the molecule is COc1cccc(NC(=O)Cn2cc(-c3nc(C4CC4)no3)ccc2=O)c1. The molecule has 27 heavy (non-hydrogen) atoms. The highest BCUT2D eigenvalue weighted by Crippen LogP contribution is 2.38. The molecule has 4 rings (SSSR count). The van der Waals surface area contributed by atoms with Gasteiger partial charge in [-0.05, 0) is 31.0 Å². The number of benzene rings is 1. The van der Waals surface area contributed by atoms with Gasteiger partial charge in [0, 0.05) is 29.9 Å². The molecule has 3 aromatic rings. The van der Waals surface area contributed by atoms with E-state index in [0.29, 0.717) is 34.6 Å². The molecule has 0 aliphatic heterocycles. The molecule has 0 atom stereocenters. The lowest BCUT2D eigenvalue weighted by molar-refractivity contribution is -0.116. The summed E-state index contributed by atoms with van der Waals surface area (Å²) in [5.74, 6) is 1.72. The molecule has 1 aromatic carbocycles. The van der Waals surface area contributed by atoms with Crippen LogP contribution in [-0.4, -0.2) is 27.7 Å². The van der Waals surface area contributed by atoms with Crippen LogP contribution in [0.1, 0.15) is 24.6 Å². The molecule has 0 radical (unpaired) electrons. The molecular formula is C19H18N4O4. The van der Waals surface area contributed by atoms with E-state index in [9.17, 15) is 9.59 Å². The Bertz CT molecular complexity index is 1040. The molecule has 1 fully saturated rings. The number of ether oxygens (including phenoxy) is 1. The number of methoxy groups -OCH3 is 1. The molecule has 0 spiro atoms. The third-order valence-corrected chi connectivity index (χ3v) is 4.28. The van der Waals surface area contributed by atoms with E-state index in [1.54, 1.807) is 43.6 Å². The Morgan fingerprint density at radius 3 is 2.96 bits per heavy atom. The molecule has 0 saturated heterocycles. The molecule has 1 aliphatic rings. The van der Waals surface area contributed by atoms with Crippen molar-refractivity contribution in [3.05, 3.63) is 58.8 Å². The molecule has 1 N–H and O–H groups in total. The maximum atomic E-state index is 12.3. The van der Waals surface area contributed by atoms with E-state index >= 15 is 0 Å². The van der Waals surface area contributed by atoms with Crippen LogP contribution in [0.5, 0.6) is 5.75 Å². The molecular weight excluding hydrogens is 348 g/mol. The van der Waals surface area contributed by atoms with E-state index < -0.39 is 0 Å². The predicted molar refractivity (Wildman–Crippen MR) is 97.6 cm³/mol. The summed E-state index contributed by atoms with van der Waals surface area (Å²) in [6, 6.07) is 10.0. The number of hydrogen-bond donors (Lipinski definition) is 1. The first-order valence-electron chi connectivity index (χ1n) is 8.61. The minimum absolute atomic E-state index is 0.131. The second-order valence-corrected chi connectivity index (χ2v) is 6.40. The van der Waals surface area contributed by atoms with E-state index in [1.807, 2.05) is 0 Å². The lowest BCUT2D eigenvalue weighted by atomic mass is 10.2. The monoisotopic (exact) mass is 366 g/mol. The van der Waals surface area contributed by atoms with Gasteiger partial charge in [0.1, 0.15) is 12.3 Å². The average Bonchev–Trinajstić information content (AvgIpc) is 3.40. The summed E-state index contributed by atoms with van der Waals surface area (Å²) >= 11 is 0. The molecule has 0 bridgehead atoms. The van der Waals surface area contributed by atoms with Crippen molar-refractivity contribution < 1.29 is 14.1 Å². The zero-order valence-electron chi connectivity index (χ0n) is 14.7. The van der Waals surface area contributed by atoms with Crippen molar-refractivity contribution in [2.45, 2.75) is 25.3 Å². The van der Waals surface area contributed by atoms with E-state index in [4.69, 9.17) is 9.26 Å². The third kappa shape index (κ3) is 3.89. The average molecular weight is 366 g/mol. The van der Waals surface area contributed by atoms with Gasteiger partial charge in [0.2, 0.25) is 5.91 Å². The minimum atomic E-state index is -0.327. The Labute approximate surface area is 154 Å². The van der Waals surface area contributed by atoms with Gasteiger partial charge in [-0.2, -0.15) is 4.98 Å². The number of anilines is 1. The minimum Gasteiger partial charge on any atom is -0.497 e. The lowest BCUT2D eigenvalue weighted by Gasteiger charge is -2.09. The van der Waals surface area contributed by atoms with Gasteiger partial charge in [-0.3, -0.25) is 9.59 Å².